The Morgan fingerprint density at radius 1 is 1.29 bits per heavy atom. The van der Waals surface area contributed by atoms with Crippen LogP contribution in [0.5, 0.6) is 5.75 Å². The van der Waals surface area contributed by atoms with Gasteiger partial charge >= 0.3 is 0 Å². The molecule has 92 valence electrons. The van der Waals surface area contributed by atoms with Crippen LogP contribution < -0.4 is 0 Å². The molecule has 1 unspecified atom stereocenters. The summed E-state index contributed by atoms with van der Waals surface area (Å²) in [4.78, 5) is 22.6. The Kier molecular flexibility index (Phi) is 4.44. The third kappa shape index (κ3) is 3.16. The van der Waals surface area contributed by atoms with Crippen molar-refractivity contribution in [2.45, 2.75) is 33.6 Å². The first-order valence-electron chi connectivity index (χ1n) is 5.79. The molecule has 0 saturated heterocycles. The molecule has 0 radical (unpaired) electrons. The number of rotatable bonds is 5. The summed E-state index contributed by atoms with van der Waals surface area (Å²) in [7, 11) is 0. The number of ketones is 2. The van der Waals surface area contributed by atoms with E-state index in [-0.39, 0.29) is 23.2 Å². The second-order valence-corrected chi connectivity index (χ2v) is 4.29. The van der Waals surface area contributed by atoms with E-state index >= 15 is 0 Å². The molecule has 0 aliphatic carbocycles. The summed E-state index contributed by atoms with van der Waals surface area (Å²) in [5.74, 6) is -0.136. The van der Waals surface area contributed by atoms with Gasteiger partial charge in [-0.2, -0.15) is 0 Å². The van der Waals surface area contributed by atoms with Crippen molar-refractivity contribution in [1.29, 1.82) is 0 Å². The van der Waals surface area contributed by atoms with E-state index in [1.165, 1.54) is 6.92 Å². The molecule has 17 heavy (non-hydrogen) atoms. The summed E-state index contributed by atoms with van der Waals surface area (Å²) >= 11 is 0. The van der Waals surface area contributed by atoms with Crippen molar-refractivity contribution in [3.8, 4) is 5.75 Å². The van der Waals surface area contributed by atoms with E-state index in [0.29, 0.717) is 17.5 Å². The monoisotopic (exact) mass is 234 g/mol. The summed E-state index contributed by atoms with van der Waals surface area (Å²) in [6.45, 7) is 4.92. The summed E-state index contributed by atoms with van der Waals surface area (Å²) < 4.78 is 0. The molecule has 0 bridgehead atoms. The maximum Gasteiger partial charge on any atom is 0.163 e. The van der Waals surface area contributed by atoms with Gasteiger partial charge in [-0.25, -0.2) is 0 Å². The third-order valence-electron chi connectivity index (χ3n) is 3.03. The van der Waals surface area contributed by atoms with E-state index in [0.717, 1.165) is 6.42 Å². The number of phenols is 1. The number of Topliss-reactive ketones (excluding diaryl/α,β-unsaturated/α-hetero) is 2. The fourth-order valence-electron chi connectivity index (χ4n) is 1.88. The zero-order valence-corrected chi connectivity index (χ0v) is 10.5. The van der Waals surface area contributed by atoms with Gasteiger partial charge in [0.25, 0.3) is 0 Å². The normalized spacial score (nSPS) is 12.2. The lowest BCUT2D eigenvalue weighted by Crippen LogP contribution is -2.13. The Morgan fingerprint density at radius 3 is 2.41 bits per heavy atom. The molecule has 1 atom stereocenters. The largest absolute Gasteiger partial charge is 0.507 e. The number of aromatic hydroxyl groups is 1. The van der Waals surface area contributed by atoms with Gasteiger partial charge in [0.15, 0.2) is 5.78 Å². The number of carbonyl (C=O) groups excluding carboxylic acids is 2. The van der Waals surface area contributed by atoms with E-state index in [4.69, 9.17) is 0 Å². The molecule has 0 aliphatic rings. The van der Waals surface area contributed by atoms with E-state index in [1.54, 1.807) is 25.1 Å². The molecule has 0 heterocycles. The third-order valence-corrected chi connectivity index (χ3v) is 3.03. The summed E-state index contributed by atoms with van der Waals surface area (Å²) in [5.41, 5.74) is 0.987. The van der Waals surface area contributed by atoms with Crippen LogP contribution in [0, 0.1) is 5.92 Å². The second-order valence-electron chi connectivity index (χ2n) is 4.29. The van der Waals surface area contributed by atoms with Crippen molar-refractivity contribution in [2.24, 2.45) is 5.92 Å². The van der Waals surface area contributed by atoms with Crippen LogP contribution in [0.4, 0.5) is 0 Å². The predicted octanol–water partition coefficient (Wildman–Crippen LogP) is 2.75. The SMILES string of the molecule is CCC(Cc1cccc(C(C)=O)c1O)C(C)=O. The smallest absolute Gasteiger partial charge is 0.163 e. The Morgan fingerprint density at radius 2 is 1.94 bits per heavy atom. The molecule has 1 aromatic rings. The molecule has 0 aliphatic heterocycles. The molecule has 1 N–H and O–H groups in total. The predicted molar refractivity (Wildman–Crippen MR) is 66.3 cm³/mol. The van der Waals surface area contributed by atoms with Crippen molar-refractivity contribution in [2.75, 3.05) is 0 Å². The van der Waals surface area contributed by atoms with Gasteiger partial charge in [0.2, 0.25) is 0 Å². The molecule has 0 spiro atoms. The molecule has 3 nitrogen and oxygen atoms in total. The van der Waals surface area contributed by atoms with Crippen LogP contribution in [-0.4, -0.2) is 16.7 Å². The Hall–Kier alpha value is -1.64. The zero-order chi connectivity index (χ0) is 13.0. The molecule has 0 aromatic heterocycles. The van der Waals surface area contributed by atoms with Crippen LogP contribution in [0.25, 0.3) is 0 Å². The lowest BCUT2D eigenvalue weighted by molar-refractivity contribution is -0.120. The average molecular weight is 234 g/mol. The van der Waals surface area contributed by atoms with Gasteiger partial charge in [-0.05, 0) is 38.3 Å². The van der Waals surface area contributed by atoms with Crippen LogP contribution in [0.15, 0.2) is 18.2 Å². The van der Waals surface area contributed by atoms with Crippen molar-refractivity contribution in [3.05, 3.63) is 29.3 Å². The maximum absolute atomic E-state index is 11.4. The molecular formula is C14H18O3. The highest BCUT2D eigenvalue weighted by atomic mass is 16.3. The summed E-state index contributed by atoms with van der Waals surface area (Å²) in [5, 5.41) is 9.95. The highest BCUT2D eigenvalue weighted by molar-refractivity contribution is 5.97. The van der Waals surface area contributed by atoms with Gasteiger partial charge in [-0.15, -0.1) is 0 Å². The van der Waals surface area contributed by atoms with Crippen molar-refractivity contribution >= 4 is 11.6 Å². The highest BCUT2D eigenvalue weighted by Gasteiger charge is 2.17. The van der Waals surface area contributed by atoms with Crippen molar-refractivity contribution in [3.63, 3.8) is 0 Å². The minimum absolute atomic E-state index is 0.0136. The lowest BCUT2D eigenvalue weighted by Gasteiger charge is -2.13. The van der Waals surface area contributed by atoms with Crippen LogP contribution in [0.2, 0.25) is 0 Å². The Bertz CT molecular complexity index is 435. The van der Waals surface area contributed by atoms with Gasteiger partial charge in [0.05, 0.1) is 5.56 Å². The van der Waals surface area contributed by atoms with Crippen LogP contribution >= 0.6 is 0 Å². The number of phenolic OH excluding ortho intramolecular Hbond substituents is 1. The first-order chi connectivity index (χ1) is 7.97. The number of carbonyl (C=O) groups is 2. The van der Waals surface area contributed by atoms with Gasteiger partial charge in [0, 0.05) is 5.92 Å². The van der Waals surface area contributed by atoms with E-state index in [9.17, 15) is 14.7 Å². The molecule has 0 amide bonds. The van der Waals surface area contributed by atoms with E-state index in [1.807, 2.05) is 6.92 Å². The summed E-state index contributed by atoms with van der Waals surface area (Å²) in [6.07, 6.45) is 1.22. The summed E-state index contributed by atoms with van der Waals surface area (Å²) in [6, 6.07) is 5.09. The van der Waals surface area contributed by atoms with Crippen molar-refractivity contribution in [1.82, 2.24) is 0 Å². The second kappa shape index (κ2) is 5.62. The van der Waals surface area contributed by atoms with Gasteiger partial charge in [0.1, 0.15) is 11.5 Å². The van der Waals surface area contributed by atoms with Crippen LogP contribution in [0.1, 0.15) is 43.1 Å². The fourth-order valence-corrected chi connectivity index (χ4v) is 1.88. The van der Waals surface area contributed by atoms with Crippen molar-refractivity contribution < 1.29 is 14.7 Å². The highest BCUT2D eigenvalue weighted by Crippen LogP contribution is 2.26. The number of para-hydroxylation sites is 1. The number of hydrogen-bond acceptors (Lipinski definition) is 3. The van der Waals surface area contributed by atoms with Crippen LogP contribution in [-0.2, 0) is 11.2 Å². The Labute approximate surface area is 101 Å². The van der Waals surface area contributed by atoms with Gasteiger partial charge < -0.3 is 5.11 Å². The molecule has 0 fully saturated rings. The minimum Gasteiger partial charge on any atom is -0.507 e. The number of hydrogen-bond donors (Lipinski definition) is 1. The van der Waals surface area contributed by atoms with Gasteiger partial charge in [-0.1, -0.05) is 19.1 Å². The quantitative estimate of drug-likeness (QED) is 0.797. The van der Waals surface area contributed by atoms with Gasteiger partial charge in [-0.3, -0.25) is 9.59 Å². The topological polar surface area (TPSA) is 54.4 Å². The molecule has 1 aromatic carbocycles. The van der Waals surface area contributed by atoms with E-state index < -0.39 is 0 Å². The fraction of sp³-hybridized carbons (Fsp3) is 0.429. The molecule has 1 rings (SSSR count). The number of benzene rings is 1. The maximum atomic E-state index is 11.4. The molecule has 3 heteroatoms. The zero-order valence-electron chi connectivity index (χ0n) is 10.5. The van der Waals surface area contributed by atoms with Crippen LogP contribution in [0.3, 0.4) is 0 Å². The standard InChI is InChI=1S/C14H18O3/c1-4-11(9(2)15)8-12-6-5-7-13(10(3)16)14(12)17/h5-7,11,17H,4,8H2,1-3H3. The molecule has 0 saturated carbocycles. The minimum atomic E-state index is -0.166. The lowest BCUT2D eigenvalue weighted by atomic mass is 9.92. The van der Waals surface area contributed by atoms with E-state index in [2.05, 4.69) is 0 Å². The average Bonchev–Trinajstić information content (AvgIpc) is 2.26. The Balaban J connectivity index is 3.03. The first kappa shape index (κ1) is 13.4. The first-order valence-corrected chi connectivity index (χ1v) is 5.79. The molecular weight excluding hydrogens is 216 g/mol.